The molecule has 0 bridgehead atoms. The van der Waals surface area contributed by atoms with E-state index in [9.17, 15) is 9.59 Å². The zero-order valence-electron chi connectivity index (χ0n) is 13.7. The molecule has 0 aliphatic carbocycles. The molecule has 0 aromatic heterocycles. The Labute approximate surface area is 131 Å². The highest BCUT2D eigenvalue weighted by Crippen LogP contribution is 2.26. The smallest absolute Gasteiger partial charge is 0.330 e. The summed E-state index contributed by atoms with van der Waals surface area (Å²) in [5, 5.41) is 1.67. The Hall–Kier alpha value is -1.88. The van der Waals surface area contributed by atoms with Gasteiger partial charge in [-0.05, 0) is 26.3 Å². The van der Waals surface area contributed by atoms with Gasteiger partial charge in [-0.1, -0.05) is 30.3 Å². The van der Waals surface area contributed by atoms with Crippen LogP contribution in [0.5, 0.6) is 0 Å². The number of hydroxylamine groups is 2. The maximum absolute atomic E-state index is 12.0. The zero-order chi connectivity index (χ0) is 16.3. The molecule has 5 heteroatoms. The highest BCUT2D eigenvalue weighted by Gasteiger charge is 2.33. The number of nitrogens with zero attached hydrogens (tertiary/aromatic N) is 2. The first-order valence-corrected chi connectivity index (χ1v) is 7.58. The number of carbonyl (C=O) groups is 2. The van der Waals surface area contributed by atoms with Crippen LogP contribution in [0.4, 0.5) is 0 Å². The van der Waals surface area contributed by atoms with Gasteiger partial charge in [0, 0.05) is 13.5 Å². The summed E-state index contributed by atoms with van der Waals surface area (Å²) in [6.07, 6.45) is 0. The third-order valence-corrected chi connectivity index (χ3v) is 3.76. The average molecular weight is 304 g/mol. The Morgan fingerprint density at radius 2 is 1.77 bits per heavy atom. The summed E-state index contributed by atoms with van der Waals surface area (Å²) in [5.41, 5.74) is 0.508. The Balaban J connectivity index is 2.14. The van der Waals surface area contributed by atoms with Crippen molar-refractivity contribution in [1.82, 2.24) is 9.96 Å². The van der Waals surface area contributed by atoms with E-state index in [4.69, 9.17) is 4.84 Å². The van der Waals surface area contributed by atoms with E-state index in [1.54, 1.807) is 12.0 Å². The van der Waals surface area contributed by atoms with Gasteiger partial charge < -0.3 is 9.74 Å². The number of hydrogen-bond donors (Lipinski definition) is 0. The van der Waals surface area contributed by atoms with E-state index < -0.39 is 5.41 Å². The van der Waals surface area contributed by atoms with Gasteiger partial charge in [0.2, 0.25) is 5.91 Å². The van der Waals surface area contributed by atoms with Crippen molar-refractivity contribution in [3.63, 3.8) is 0 Å². The van der Waals surface area contributed by atoms with Gasteiger partial charge in [0.1, 0.15) is 0 Å². The first-order chi connectivity index (χ1) is 10.3. The van der Waals surface area contributed by atoms with Crippen molar-refractivity contribution in [1.29, 1.82) is 0 Å². The van der Waals surface area contributed by atoms with Gasteiger partial charge in [-0.2, -0.15) is 0 Å². The van der Waals surface area contributed by atoms with Crippen LogP contribution >= 0.6 is 0 Å². The van der Waals surface area contributed by atoms with E-state index in [1.165, 1.54) is 0 Å². The van der Waals surface area contributed by atoms with Crippen LogP contribution in [0.1, 0.15) is 39.3 Å². The van der Waals surface area contributed by atoms with Crippen LogP contribution in [0.15, 0.2) is 30.3 Å². The maximum Gasteiger partial charge on any atom is 0.330 e. The Morgan fingerprint density at radius 3 is 2.32 bits per heavy atom. The topological polar surface area (TPSA) is 49.9 Å². The second kappa shape index (κ2) is 6.48. The Bertz CT molecular complexity index is 537. The largest absolute Gasteiger partial charge is 0.367 e. The number of piperazine rings is 1. The highest BCUT2D eigenvalue weighted by molar-refractivity contribution is 5.75. The monoisotopic (exact) mass is 304 g/mol. The predicted octanol–water partition coefficient (Wildman–Crippen LogP) is 2.40. The summed E-state index contributed by atoms with van der Waals surface area (Å²) in [5.74, 6) is -0.216. The molecule has 1 aliphatic rings. The maximum atomic E-state index is 12.0. The normalized spacial score (nSPS) is 19.8. The first kappa shape index (κ1) is 16.5. The van der Waals surface area contributed by atoms with Crippen molar-refractivity contribution in [3.8, 4) is 0 Å². The fourth-order valence-corrected chi connectivity index (χ4v) is 2.43. The van der Waals surface area contributed by atoms with Crippen LogP contribution in [0.25, 0.3) is 0 Å². The quantitative estimate of drug-likeness (QED) is 0.842. The van der Waals surface area contributed by atoms with Crippen LogP contribution in [0.2, 0.25) is 0 Å². The van der Waals surface area contributed by atoms with Gasteiger partial charge in [-0.3, -0.25) is 4.79 Å². The summed E-state index contributed by atoms with van der Waals surface area (Å²) >= 11 is 0. The number of hydrogen-bond acceptors (Lipinski definition) is 4. The van der Waals surface area contributed by atoms with Crippen molar-refractivity contribution in [2.24, 2.45) is 5.41 Å². The van der Waals surface area contributed by atoms with E-state index in [-0.39, 0.29) is 17.9 Å². The van der Waals surface area contributed by atoms with E-state index in [0.717, 1.165) is 5.56 Å². The minimum atomic E-state index is -0.542. The van der Waals surface area contributed by atoms with Gasteiger partial charge in [0.05, 0.1) is 24.5 Å². The van der Waals surface area contributed by atoms with E-state index in [2.05, 4.69) is 0 Å². The summed E-state index contributed by atoms with van der Waals surface area (Å²) in [6.45, 7) is 8.64. The molecular formula is C17H24N2O3. The molecule has 1 atom stereocenters. The standard InChI is InChI=1S/C17H24N2O3/c1-13(20)19-11-10-18(22-16(21)17(2,3)4)12-15(19)14-8-6-5-7-9-14/h5-9,15H,10-12H2,1-4H3. The van der Waals surface area contributed by atoms with Gasteiger partial charge >= 0.3 is 5.97 Å². The second-order valence-corrected chi connectivity index (χ2v) is 6.66. The summed E-state index contributed by atoms with van der Waals surface area (Å²) in [4.78, 5) is 31.2. The van der Waals surface area contributed by atoms with Crippen LogP contribution in [-0.4, -0.2) is 41.5 Å². The number of carbonyl (C=O) groups excluding carboxylic acids is 2. The van der Waals surface area contributed by atoms with Crippen molar-refractivity contribution in [3.05, 3.63) is 35.9 Å². The number of benzene rings is 1. The molecule has 1 saturated heterocycles. The number of amides is 1. The minimum Gasteiger partial charge on any atom is -0.367 e. The minimum absolute atomic E-state index is 0.0376. The molecule has 1 aromatic carbocycles. The Morgan fingerprint density at radius 1 is 1.14 bits per heavy atom. The fraction of sp³-hybridized carbons (Fsp3) is 0.529. The molecule has 1 aliphatic heterocycles. The third kappa shape index (κ3) is 3.85. The van der Waals surface area contributed by atoms with Gasteiger partial charge in [0.15, 0.2) is 0 Å². The van der Waals surface area contributed by atoms with Crippen molar-refractivity contribution < 1.29 is 14.4 Å². The summed E-state index contributed by atoms with van der Waals surface area (Å²) in [6, 6.07) is 9.74. The van der Waals surface area contributed by atoms with Gasteiger partial charge in [-0.25, -0.2) is 4.79 Å². The van der Waals surface area contributed by atoms with Crippen LogP contribution in [-0.2, 0) is 14.4 Å². The highest BCUT2D eigenvalue weighted by atomic mass is 16.7. The molecule has 1 fully saturated rings. The van der Waals surface area contributed by atoms with Crippen LogP contribution < -0.4 is 0 Å². The molecule has 1 unspecified atom stereocenters. The average Bonchev–Trinajstić information content (AvgIpc) is 2.47. The van der Waals surface area contributed by atoms with E-state index >= 15 is 0 Å². The molecule has 0 radical (unpaired) electrons. The molecule has 22 heavy (non-hydrogen) atoms. The van der Waals surface area contributed by atoms with E-state index in [0.29, 0.717) is 19.6 Å². The molecule has 0 spiro atoms. The lowest BCUT2D eigenvalue weighted by molar-refractivity contribution is -0.211. The molecule has 1 heterocycles. The molecule has 2 rings (SSSR count). The lowest BCUT2D eigenvalue weighted by atomic mass is 9.98. The molecule has 1 aromatic rings. The molecule has 1 amide bonds. The van der Waals surface area contributed by atoms with Crippen LogP contribution in [0.3, 0.4) is 0 Å². The fourth-order valence-electron chi connectivity index (χ4n) is 2.43. The van der Waals surface area contributed by atoms with Crippen molar-refractivity contribution >= 4 is 11.9 Å². The second-order valence-electron chi connectivity index (χ2n) is 6.66. The van der Waals surface area contributed by atoms with Crippen molar-refractivity contribution in [2.45, 2.75) is 33.7 Å². The molecule has 0 N–H and O–H groups in total. The lowest BCUT2D eigenvalue weighted by Gasteiger charge is -2.40. The van der Waals surface area contributed by atoms with Gasteiger partial charge in [-0.15, -0.1) is 5.06 Å². The zero-order valence-corrected chi connectivity index (χ0v) is 13.7. The molecule has 5 nitrogen and oxygen atoms in total. The lowest BCUT2D eigenvalue weighted by Crippen LogP contribution is -2.51. The SMILES string of the molecule is CC(=O)N1CCN(OC(=O)C(C)(C)C)CC1c1ccccc1. The van der Waals surface area contributed by atoms with Crippen molar-refractivity contribution in [2.75, 3.05) is 19.6 Å². The summed E-state index contributed by atoms with van der Waals surface area (Å²) < 4.78 is 0. The third-order valence-electron chi connectivity index (χ3n) is 3.76. The summed E-state index contributed by atoms with van der Waals surface area (Å²) in [7, 11) is 0. The predicted molar refractivity (Wildman–Crippen MR) is 83.7 cm³/mol. The molecular weight excluding hydrogens is 280 g/mol. The molecule has 0 saturated carbocycles. The molecule has 120 valence electrons. The van der Waals surface area contributed by atoms with Crippen LogP contribution in [0, 0.1) is 5.41 Å². The van der Waals surface area contributed by atoms with E-state index in [1.807, 2.05) is 56.0 Å². The first-order valence-electron chi connectivity index (χ1n) is 7.58. The number of rotatable bonds is 2. The van der Waals surface area contributed by atoms with Gasteiger partial charge in [0.25, 0.3) is 0 Å². The Kier molecular flexibility index (Phi) is 4.86.